The molecule has 0 unspecified atom stereocenters. The van der Waals surface area contributed by atoms with Crippen molar-refractivity contribution in [1.29, 1.82) is 0 Å². The van der Waals surface area contributed by atoms with Gasteiger partial charge in [-0.15, -0.1) is 0 Å². The van der Waals surface area contributed by atoms with Crippen molar-refractivity contribution in [2.45, 2.75) is 38.3 Å². The quantitative estimate of drug-likeness (QED) is 0.597. The van der Waals surface area contributed by atoms with Gasteiger partial charge >= 0.3 is 0 Å². The van der Waals surface area contributed by atoms with Gasteiger partial charge in [0.2, 0.25) is 0 Å². The molecule has 1 saturated carbocycles. The van der Waals surface area contributed by atoms with Gasteiger partial charge in [-0.2, -0.15) is 0 Å². The molecule has 2 N–H and O–H groups in total. The third kappa shape index (κ3) is 2.64. The van der Waals surface area contributed by atoms with E-state index in [2.05, 4.69) is 11.9 Å². The second-order valence-electron chi connectivity index (χ2n) is 3.44. The van der Waals surface area contributed by atoms with Crippen LogP contribution in [-0.2, 0) is 0 Å². The highest BCUT2D eigenvalue weighted by Gasteiger charge is 2.23. The van der Waals surface area contributed by atoms with Crippen LogP contribution in [0.4, 0.5) is 0 Å². The number of hydrogen-bond donors (Lipinski definition) is 2. The SMILES string of the molecule is C=C(C)CN[C@H]1CCC[C@@H]1O. The molecule has 0 aromatic rings. The molecule has 2 atom stereocenters. The van der Waals surface area contributed by atoms with Crippen LogP contribution in [0.1, 0.15) is 26.2 Å². The second kappa shape index (κ2) is 3.88. The Morgan fingerprint density at radius 3 is 2.82 bits per heavy atom. The lowest BCUT2D eigenvalue weighted by molar-refractivity contribution is 0.151. The molecule has 1 aliphatic rings. The van der Waals surface area contributed by atoms with Gasteiger partial charge in [0, 0.05) is 12.6 Å². The third-order valence-electron chi connectivity index (χ3n) is 2.15. The van der Waals surface area contributed by atoms with Crippen LogP contribution in [-0.4, -0.2) is 23.8 Å². The van der Waals surface area contributed by atoms with Crippen LogP contribution in [0.2, 0.25) is 0 Å². The average Bonchev–Trinajstić information content (AvgIpc) is 2.31. The monoisotopic (exact) mass is 155 g/mol. The van der Waals surface area contributed by atoms with E-state index in [4.69, 9.17) is 0 Å². The molecule has 0 aromatic carbocycles. The molecule has 1 fully saturated rings. The molecule has 1 aliphatic carbocycles. The molecule has 2 heteroatoms. The van der Waals surface area contributed by atoms with E-state index in [0.29, 0.717) is 6.04 Å². The number of hydrogen-bond acceptors (Lipinski definition) is 2. The summed E-state index contributed by atoms with van der Waals surface area (Å²) in [5.41, 5.74) is 1.13. The molecule has 0 heterocycles. The summed E-state index contributed by atoms with van der Waals surface area (Å²) < 4.78 is 0. The largest absolute Gasteiger partial charge is 0.392 e. The van der Waals surface area contributed by atoms with Crippen molar-refractivity contribution in [3.63, 3.8) is 0 Å². The molecule has 0 aliphatic heterocycles. The molecule has 0 amide bonds. The Morgan fingerprint density at radius 1 is 1.64 bits per heavy atom. The number of nitrogens with one attached hydrogen (secondary N) is 1. The fourth-order valence-corrected chi connectivity index (χ4v) is 1.48. The van der Waals surface area contributed by atoms with E-state index in [1.165, 1.54) is 0 Å². The molecule has 2 nitrogen and oxygen atoms in total. The first-order valence-corrected chi connectivity index (χ1v) is 4.26. The zero-order valence-corrected chi connectivity index (χ0v) is 7.14. The molecular weight excluding hydrogens is 138 g/mol. The highest BCUT2D eigenvalue weighted by atomic mass is 16.3. The zero-order chi connectivity index (χ0) is 8.27. The highest BCUT2D eigenvalue weighted by Crippen LogP contribution is 2.18. The summed E-state index contributed by atoms with van der Waals surface area (Å²) in [4.78, 5) is 0. The van der Waals surface area contributed by atoms with Gasteiger partial charge in [0.1, 0.15) is 0 Å². The lowest BCUT2D eigenvalue weighted by Crippen LogP contribution is -2.36. The van der Waals surface area contributed by atoms with E-state index < -0.39 is 0 Å². The van der Waals surface area contributed by atoms with Crippen molar-refractivity contribution >= 4 is 0 Å². The third-order valence-corrected chi connectivity index (χ3v) is 2.15. The Morgan fingerprint density at radius 2 is 2.36 bits per heavy atom. The summed E-state index contributed by atoms with van der Waals surface area (Å²) in [6.07, 6.45) is 3.08. The lowest BCUT2D eigenvalue weighted by atomic mass is 10.2. The number of aliphatic hydroxyl groups excluding tert-OH is 1. The van der Waals surface area contributed by atoms with E-state index in [0.717, 1.165) is 31.4 Å². The van der Waals surface area contributed by atoms with E-state index in [1.807, 2.05) is 6.92 Å². The Bertz CT molecular complexity index is 144. The van der Waals surface area contributed by atoms with E-state index in [-0.39, 0.29) is 6.10 Å². The molecule has 11 heavy (non-hydrogen) atoms. The summed E-state index contributed by atoms with van der Waals surface area (Å²) in [6, 6.07) is 0.312. The van der Waals surface area contributed by atoms with Crippen LogP contribution in [0.5, 0.6) is 0 Å². The fraction of sp³-hybridized carbons (Fsp3) is 0.778. The standard InChI is InChI=1S/C9H17NO/c1-7(2)6-10-8-4-3-5-9(8)11/h8-11H,1,3-6H2,2H3/t8-,9-/m0/s1. The normalized spacial score (nSPS) is 30.7. The summed E-state index contributed by atoms with van der Waals surface area (Å²) in [6.45, 7) is 6.63. The van der Waals surface area contributed by atoms with Crippen molar-refractivity contribution in [2.24, 2.45) is 0 Å². The minimum atomic E-state index is -0.130. The molecule has 1 rings (SSSR count). The predicted octanol–water partition coefficient (Wildman–Crippen LogP) is 1.07. The number of rotatable bonds is 3. The molecule has 64 valence electrons. The minimum Gasteiger partial charge on any atom is -0.392 e. The van der Waals surface area contributed by atoms with Crippen molar-refractivity contribution in [3.05, 3.63) is 12.2 Å². The summed E-state index contributed by atoms with van der Waals surface area (Å²) in [5.74, 6) is 0. The van der Waals surface area contributed by atoms with Crippen LogP contribution >= 0.6 is 0 Å². The predicted molar refractivity (Wildman–Crippen MR) is 46.5 cm³/mol. The fourth-order valence-electron chi connectivity index (χ4n) is 1.48. The van der Waals surface area contributed by atoms with Crippen LogP contribution in [0.25, 0.3) is 0 Å². The Labute approximate surface area is 68.3 Å². The number of aliphatic hydroxyl groups is 1. The van der Waals surface area contributed by atoms with Crippen LogP contribution < -0.4 is 5.32 Å². The Balaban J connectivity index is 2.20. The highest BCUT2D eigenvalue weighted by molar-refractivity contribution is 4.94. The minimum absolute atomic E-state index is 0.130. The first-order valence-electron chi connectivity index (χ1n) is 4.26. The summed E-state index contributed by atoms with van der Waals surface area (Å²) >= 11 is 0. The molecule has 0 saturated heterocycles. The maximum absolute atomic E-state index is 9.41. The van der Waals surface area contributed by atoms with Gasteiger partial charge in [-0.25, -0.2) is 0 Å². The van der Waals surface area contributed by atoms with Crippen molar-refractivity contribution < 1.29 is 5.11 Å². The van der Waals surface area contributed by atoms with Crippen LogP contribution in [0.3, 0.4) is 0 Å². The van der Waals surface area contributed by atoms with Gasteiger partial charge < -0.3 is 10.4 Å². The maximum Gasteiger partial charge on any atom is 0.0693 e. The second-order valence-corrected chi connectivity index (χ2v) is 3.44. The summed E-state index contributed by atoms with van der Waals surface area (Å²) in [7, 11) is 0. The molecule has 0 aromatic heterocycles. The lowest BCUT2D eigenvalue weighted by Gasteiger charge is -2.15. The first kappa shape index (κ1) is 8.75. The van der Waals surface area contributed by atoms with E-state index >= 15 is 0 Å². The molecule has 0 radical (unpaired) electrons. The van der Waals surface area contributed by atoms with E-state index in [1.54, 1.807) is 0 Å². The molecular formula is C9H17NO. The van der Waals surface area contributed by atoms with Crippen molar-refractivity contribution in [3.8, 4) is 0 Å². The maximum atomic E-state index is 9.41. The van der Waals surface area contributed by atoms with Gasteiger partial charge in [-0.3, -0.25) is 0 Å². The van der Waals surface area contributed by atoms with Gasteiger partial charge in [0.05, 0.1) is 6.10 Å². The smallest absolute Gasteiger partial charge is 0.0693 e. The summed E-state index contributed by atoms with van der Waals surface area (Å²) in [5, 5.41) is 12.7. The van der Waals surface area contributed by atoms with E-state index in [9.17, 15) is 5.11 Å². The van der Waals surface area contributed by atoms with Gasteiger partial charge in [0.15, 0.2) is 0 Å². The van der Waals surface area contributed by atoms with Crippen molar-refractivity contribution in [1.82, 2.24) is 5.32 Å². The Kier molecular flexibility index (Phi) is 3.09. The molecule has 0 spiro atoms. The first-order chi connectivity index (χ1) is 5.20. The van der Waals surface area contributed by atoms with Crippen molar-refractivity contribution in [2.75, 3.05) is 6.54 Å². The van der Waals surface area contributed by atoms with Gasteiger partial charge in [-0.1, -0.05) is 12.2 Å². The van der Waals surface area contributed by atoms with Crippen LogP contribution in [0, 0.1) is 0 Å². The zero-order valence-electron chi connectivity index (χ0n) is 7.14. The Hall–Kier alpha value is -0.340. The average molecular weight is 155 g/mol. The molecule has 0 bridgehead atoms. The van der Waals surface area contributed by atoms with Gasteiger partial charge in [0.25, 0.3) is 0 Å². The van der Waals surface area contributed by atoms with Gasteiger partial charge in [-0.05, 0) is 26.2 Å². The topological polar surface area (TPSA) is 32.3 Å². The van der Waals surface area contributed by atoms with Crippen LogP contribution in [0.15, 0.2) is 12.2 Å².